The van der Waals surface area contributed by atoms with Crippen molar-refractivity contribution in [1.29, 1.82) is 0 Å². The summed E-state index contributed by atoms with van der Waals surface area (Å²) in [5, 5.41) is 0. The van der Waals surface area contributed by atoms with Crippen molar-refractivity contribution in [3.63, 3.8) is 0 Å². The summed E-state index contributed by atoms with van der Waals surface area (Å²) >= 11 is 0. The van der Waals surface area contributed by atoms with Crippen LogP contribution in [0.3, 0.4) is 0 Å². The van der Waals surface area contributed by atoms with Gasteiger partial charge in [0.1, 0.15) is 0 Å². The Hall–Kier alpha value is -0.790. The van der Waals surface area contributed by atoms with E-state index in [0.717, 1.165) is 38.8 Å². The first-order chi connectivity index (χ1) is 6.76. The van der Waals surface area contributed by atoms with Gasteiger partial charge in [-0.1, -0.05) is 32.8 Å². The second-order valence-electron chi connectivity index (χ2n) is 3.53. The Kier molecular flexibility index (Phi) is 8.30. The van der Waals surface area contributed by atoms with Crippen LogP contribution in [0.15, 0.2) is 12.2 Å². The fourth-order valence-electron chi connectivity index (χ4n) is 1.28. The normalized spacial score (nSPS) is 10.8. The molecule has 0 saturated carbocycles. The Morgan fingerprint density at radius 3 is 2.00 bits per heavy atom. The lowest BCUT2D eigenvalue weighted by Crippen LogP contribution is -2.31. The van der Waals surface area contributed by atoms with E-state index in [2.05, 4.69) is 13.8 Å². The van der Waals surface area contributed by atoms with Gasteiger partial charge in [-0.3, -0.25) is 4.79 Å². The summed E-state index contributed by atoms with van der Waals surface area (Å²) in [5.74, 6) is 0.161. The minimum absolute atomic E-state index is 0.161. The van der Waals surface area contributed by atoms with E-state index >= 15 is 0 Å². The minimum Gasteiger partial charge on any atom is -0.339 e. The predicted octanol–water partition coefficient (Wildman–Crippen LogP) is 2.99. The van der Waals surface area contributed by atoms with Crippen LogP contribution in [0.1, 0.15) is 46.5 Å². The summed E-state index contributed by atoms with van der Waals surface area (Å²) in [4.78, 5) is 13.5. The molecule has 0 radical (unpaired) electrons. The third-order valence-electron chi connectivity index (χ3n) is 2.18. The van der Waals surface area contributed by atoms with E-state index in [1.807, 2.05) is 17.9 Å². The van der Waals surface area contributed by atoms with Gasteiger partial charge in [0.15, 0.2) is 0 Å². The zero-order chi connectivity index (χ0) is 10.8. The van der Waals surface area contributed by atoms with Gasteiger partial charge < -0.3 is 4.90 Å². The fraction of sp³-hybridized carbons (Fsp3) is 0.750. The summed E-state index contributed by atoms with van der Waals surface area (Å²) in [7, 11) is 0. The number of hydrogen-bond donors (Lipinski definition) is 0. The first-order valence-corrected chi connectivity index (χ1v) is 5.67. The molecular weight excluding hydrogens is 174 g/mol. The molecule has 2 heteroatoms. The second kappa shape index (κ2) is 8.79. The molecule has 0 aromatic heterocycles. The molecule has 0 atom stereocenters. The van der Waals surface area contributed by atoms with Crippen LogP contribution in [-0.4, -0.2) is 23.9 Å². The lowest BCUT2D eigenvalue weighted by atomic mass is 10.2. The monoisotopic (exact) mass is 197 g/mol. The van der Waals surface area contributed by atoms with Gasteiger partial charge in [-0.2, -0.15) is 0 Å². The van der Waals surface area contributed by atoms with E-state index in [4.69, 9.17) is 0 Å². The average molecular weight is 197 g/mol. The molecule has 0 aliphatic heterocycles. The Morgan fingerprint density at radius 1 is 1.14 bits per heavy atom. The van der Waals surface area contributed by atoms with Gasteiger partial charge >= 0.3 is 0 Å². The zero-order valence-corrected chi connectivity index (χ0v) is 9.75. The number of amides is 1. The van der Waals surface area contributed by atoms with Gasteiger partial charge in [-0.05, 0) is 25.8 Å². The van der Waals surface area contributed by atoms with Crippen LogP contribution < -0.4 is 0 Å². The average Bonchev–Trinajstić information content (AvgIpc) is 2.18. The molecule has 0 unspecified atom stereocenters. The standard InChI is InChI=1S/C12H23NO/c1-4-7-10-13(11-8-5-2)12(14)9-6-3/h6,9H,4-5,7-8,10-11H2,1-3H3/b9-6+. The van der Waals surface area contributed by atoms with Crippen LogP contribution >= 0.6 is 0 Å². The van der Waals surface area contributed by atoms with Crippen molar-refractivity contribution in [1.82, 2.24) is 4.90 Å². The smallest absolute Gasteiger partial charge is 0.246 e. The van der Waals surface area contributed by atoms with Crippen molar-refractivity contribution >= 4 is 5.91 Å². The number of carbonyl (C=O) groups is 1. The minimum atomic E-state index is 0.161. The summed E-state index contributed by atoms with van der Waals surface area (Å²) in [6.07, 6.45) is 7.97. The Bertz CT molecular complexity index is 167. The van der Waals surface area contributed by atoms with Crippen LogP contribution in [0.2, 0.25) is 0 Å². The first kappa shape index (κ1) is 13.2. The Morgan fingerprint density at radius 2 is 1.64 bits per heavy atom. The van der Waals surface area contributed by atoms with Crippen molar-refractivity contribution in [3.8, 4) is 0 Å². The fourth-order valence-corrected chi connectivity index (χ4v) is 1.28. The molecule has 0 bridgehead atoms. The maximum atomic E-state index is 11.6. The van der Waals surface area contributed by atoms with Crippen molar-refractivity contribution in [2.24, 2.45) is 0 Å². The molecule has 0 saturated heterocycles. The van der Waals surface area contributed by atoms with Crippen LogP contribution in [0.25, 0.3) is 0 Å². The molecule has 0 rings (SSSR count). The van der Waals surface area contributed by atoms with Crippen molar-refractivity contribution in [2.45, 2.75) is 46.5 Å². The third-order valence-corrected chi connectivity index (χ3v) is 2.18. The summed E-state index contributed by atoms with van der Waals surface area (Å²) in [5.41, 5.74) is 0. The predicted molar refractivity (Wildman–Crippen MR) is 61.2 cm³/mol. The van der Waals surface area contributed by atoms with Crippen LogP contribution in [0.5, 0.6) is 0 Å². The second-order valence-corrected chi connectivity index (χ2v) is 3.53. The highest BCUT2D eigenvalue weighted by Gasteiger charge is 2.07. The maximum Gasteiger partial charge on any atom is 0.246 e. The van der Waals surface area contributed by atoms with E-state index < -0.39 is 0 Å². The van der Waals surface area contributed by atoms with Gasteiger partial charge in [0.2, 0.25) is 5.91 Å². The van der Waals surface area contributed by atoms with Crippen LogP contribution in [0.4, 0.5) is 0 Å². The Labute approximate surface area is 88.0 Å². The molecule has 0 aliphatic rings. The van der Waals surface area contributed by atoms with E-state index in [1.165, 1.54) is 0 Å². The molecule has 0 fully saturated rings. The van der Waals surface area contributed by atoms with Gasteiger partial charge in [0, 0.05) is 13.1 Å². The lowest BCUT2D eigenvalue weighted by molar-refractivity contribution is -0.126. The van der Waals surface area contributed by atoms with E-state index in [-0.39, 0.29) is 5.91 Å². The van der Waals surface area contributed by atoms with E-state index in [1.54, 1.807) is 6.08 Å². The van der Waals surface area contributed by atoms with Gasteiger partial charge in [-0.25, -0.2) is 0 Å². The molecule has 82 valence electrons. The van der Waals surface area contributed by atoms with Crippen molar-refractivity contribution in [3.05, 3.63) is 12.2 Å². The van der Waals surface area contributed by atoms with Gasteiger partial charge in [0.25, 0.3) is 0 Å². The number of allylic oxidation sites excluding steroid dienone is 1. The number of carbonyl (C=O) groups excluding carboxylic acids is 1. The van der Waals surface area contributed by atoms with Gasteiger partial charge in [0.05, 0.1) is 0 Å². The van der Waals surface area contributed by atoms with Crippen molar-refractivity contribution < 1.29 is 4.79 Å². The maximum absolute atomic E-state index is 11.6. The number of rotatable bonds is 7. The summed E-state index contributed by atoms with van der Waals surface area (Å²) in [6.45, 7) is 7.99. The number of hydrogen-bond acceptors (Lipinski definition) is 1. The largest absolute Gasteiger partial charge is 0.339 e. The van der Waals surface area contributed by atoms with E-state index in [0.29, 0.717) is 0 Å². The Balaban J connectivity index is 4.01. The quantitative estimate of drug-likeness (QED) is 0.574. The molecule has 0 N–H and O–H groups in total. The number of unbranched alkanes of at least 4 members (excludes halogenated alkanes) is 2. The number of nitrogens with zero attached hydrogens (tertiary/aromatic N) is 1. The van der Waals surface area contributed by atoms with Crippen molar-refractivity contribution in [2.75, 3.05) is 13.1 Å². The zero-order valence-electron chi connectivity index (χ0n) is 9.75. The highest BCUT2D eigenvalue weighted by Crippen LogP contribution is 2.00. The molecule has 1 amide bonds. The third kappa shape index (κ3) is 5.79. The van der Waals surface area contributed by atoms with E-state index in [9.17, 15) is 4.79 Å². The lowest BCUT2D eigenvalue weighted by Gasteiger charge is -2.20. The highest BCUT2D eigenvalue weighted by molar-refractivity contribution is 5.87. The topological polar surface area (TPSA) is 20.3 Å². The van der Waals surface area contributed by atoms with Crippen LogP contribution in [-0.2, 0) is 4.79 Å². The molecule has 0 aromatic carbocycles. The summed E-state index contributed by atoms with van der Waals surface area (Å²) in [6, 6.07) is 0. The molecular formula is C12H23NO. The van der Waals surface area contributed by atoms with Gasteiger partial charge in [-0.15, -0.1) is 0 Å². The van der Waals surface area contributed by atoms with Crippen LogP contribution in [0, 0.1) is 0 Å². The summed E-state index contributed by atoms with van der Waals surface area (Å²) < 4.78 is 0. The highest BCUT2D eigenvalue weighted by atomic mass is 16.2. The molecule has 14 heavy (non-hydrogen) atoms. The molecule has 0 aromatic rings. The molecule has 2 nitrogen and oxygen atoms in total. The first-order valence-electron chi connectivity index (χ1n) is 5.67. The molecule has 0 heterocycles. The SMILES string of the molecule is C/C=C/C(=O)N(CCCC)CCCC. The molecule has 0 spiro atoms. The molecule has 0 aliphatic carbocycles.